The lowest BCUT2D eigenvalue weighted by Gasteiger charge is -2.29. The van der Waals surface area contributed by atoms with E-state index in [0.717, 1.165) is 11.4 Å². The van der Waals surface area contributed by atoms with Gasteiger partial charge in [0, 0.05) is 38.8 Å². The molecule has 2 nitrogen and oxygen atoms in total. The fraction of sp³-hybridized carbons (Fsp3) is 0.0667. The summed E-state index contributed by atoms with van der Waals surface area (Å²) < 4.78 is 2.38. The number of fused-ring (bicyclic) bond motifs is 6. The third kappa shape index (κ3) is 4.26. The Labute approximate surface area is 275 Å². The number of aromatic nitrogens is 1. The molecule has 0 unspecified atom stereocenters. The molecular formula is C45H34N2. The Kier molecular flexibility index (Phi) is 6.20. The first kappa shape index (κ1) is 27.5. The predicted molar refractivity (Wildman–Crippen MR) is 198 cm³/mol. The van der Waals surface area contributed by atoms with Crippen LogP contribution < -0.4 is 4.90 Å². The first-order valence-electron chi connectivity index (χ1n) is 16.4. The Hall–Kier alpha value is -5.86. The summed E-state index contributed by atoms with van der Waals surface area (Å²) in [6, 6.07) is 61.8. The molecule has 0 saturated carbocycles. The van der Waals surface area contributed by atoms with Gasteiger partial charge in [0.25, 0.3) is 0 Å². The van der Waals surface area contributed by atoms with Gasteiger partial charge in [-0.1, -0.05) is 129 Å². The molecule has 0 bridgehead atoms. The van der Waals surface area contributed by atoms with Gasteiger partial charge in [0.2, 0.25) is 0 Å². The summed E-state index contributed by atoms with van der Waals surface area (Å²) >= 11 is 0. The summed E-state index contributed by atoms with van der Waals surface area (Å²) in [6.45, 7) is 4.70. The van der Waals surface area contributed by atoms with E-state index in [1.54, 1.807) is 0 Å². The van der Waals surface area contributed by atoms with Gasteiger partial charge in [0.15, 0.2) is 0 Å². The highest BCUT2D eigenvalue weighted by molar-refractivity contribution is 6.11. The average molecular weight is 603 g/mol. The van der Waals surface area contributed by atoms with Gasteiger partial charge in [-0.25, -0.2) is 0 Å². The van der Waals surface area contributed by atoms with Crippen LogP contribution in [0.2, 0.25) is 0 Å². The molecule has 0 spiro atoms. The van der Waals surface area contributed by atoms with E-state index >= 15 is 0 Å². The maximum absolute atomic E-state index is 2.46. The third-order valence-corrected chi connectivity index (χ3v) is 9.99. The van der Waals surface area contributed by atoms with Crippen LogP contribution in [0, 0.1) is 0 Å². The molecule has 8 aromatic rings. The minimum Gasteiger partial charge on any atom is -0.310 e. The normalized spacial score (nSPS) is 13.1. The van der Waals surface area contributed by atoms with Crippen molar-refractivity contribution in [2.45, 2.75) is 19.3 Å². The topological polar surface area (TPSA) is 8.17 Å². The molecule has 1 heterocycles. The van der Waals surface area contributed by atoms with Crippen molar-refractivity contribution in [1.29, 1.82) is 0 Å². The maximum Gasteiger partial charge on any atom is 0.0543 e. The minimum atomic E-state index is -0.0855. The Bertz CT molecular complexity index is 2420. The second-order valence-corrected chi connectivity index (χ2v) is 13.0. The summed E-state index contributed by atoms with van der Waals surface area (Å²) in [5.41, 5.74) is 14.7. The Morgan fingerprint density at radius 3 is 1.89 bits per heavy atom. The van der Waals surface area contributed by atoms with E-state index in [1.807, 2.05) is 0 Å². The molecule has 1 aliphatic rings. The van der Waals surface area contributed by atoms with E-state index < -0.39 is 0 Å². The molecule has 0 radical (unpaired) electrons. The van der Waals surface area contributed by atoms with Gasteiger partial charge in [-0.05, 0) is 82.4 Å². The van der Waals surface area contributed by atoms with Crippen molar-refractivity contribution in [3.8, 4) is 27.9 Å². The molecule has 0 amide bonds. The van der Waals surface area contributed by atoms with Crippen LogP contribution in [-0.4, -0.2) is 4.57 Å². The fourth-order valence-corrected chi connectivity index (χ4v) is 7.74. The highest BCUT2D eigenvalue weighted by Gasteiger charge is 2.37. The fourth-order valence-electron chi connectivity index (χ4n) is 7.74. The van der Waals surface area contributed by atoms with Crippen molar-refractivity contribution in [2.75, 3.05) is 4.90 Å². The van der Waals surface area contributed by atoms with Gasteiger partial charge in [-0.15, -0.1) is 0 Å². The number of para-hydroxylation sites is 2. The van der Waals surface area contributed by atoms with Gasteiger partial charge in [-0.2, -0.15) is 0 Å². The number of rotatable bonds is 5. The lowest BCUT2D eigenvalue weighted by Crippen LogP contribution is -2.16. The van der Waals surface area contributed by atoms with Crippen molar-refractivity contribution < 1.29 is 0 Å². The lowest BCUT2D eigenvalue weighted by atomic mass is 9.82. The van der Waals surface area contributed by atoms with Crippen molar-refractivity contribution in [3.05, 3.63) is 181 Å². The van der Waals surface area contributed by atoms with Crippen LogP contribution in [0.25, 0.3) is 49.7 Å². The van der Waals surface area contributed by atoms with Gasteiger partial charge in [0.05, 0.1) is 16.7 Å². The number of nitrogens with zero attached hydrogens (tertiary/aromatic N) is 2. The summed E-state index contributed by atoms with van der Waals surface area (Å²) in [5, 5.41) is 2.48. The standard InChI is InChI=1S/C45H34N2/c1-45(2)39-20-11-9-19-37(39)44-40(45)21-13-23-43(44)46(34-26-24-32(25-27-34)31-14-5-3-6-15-31)35-28-29-42-38(30-35)36-18-10-12-22-41(36)47(42)33-16-7-4-8-17-33/h3-30H,1-2H3. The zero-order valence-electron chi connectivity index (χ0n) is 26.6. The molecule has 0 atom stereocenters. The molecule has 7 aromatic carbocycles. The minimum absolute atomic E-state index is 0.0855. The zero-order chi connectivity index (χ0) is 31.5. The second kappa shape index (κ2) is 10.6. The van der Waals surface area contributed by atoms with Crippen LogP contribution in [0.1, 0.15) is 25.0 Å². The highest BCUT2D eigenvalue weighted by atomic mass is 15.1. The molecule has 224 valence electrons. The summed E-state index contributed by atoms with van der Waals surface area (Å²) in [5.74, 6) is 0. The van der Waals surface area contributed by atoms with E-state index in [-0.39, 0.29) is 5.41 Å². The SMILES string of the molecule is CC1(C)c2ccccc2-c2c(N(c3ccc(-c4ccccc4)cc3)c3ccc4c(c3)c3ccccc3n4-c3ccccc3)cccc21. The molecule has 0 saturated heterocycles. The van der Waals surface area contributed by atoms with Gasteiger partial charge >= 0.3 is 0 Å². The van der Waals surface area contributed by atoms with Crippen LogP contribution in [0.4, 0.5) is 17.1 Å². The molecule has 1 aliphatic carbocycles. The Morgan fingerprint density at radius 1 is 0.468 bits per heavy atom. The van der Waals surface area contributed by atoms with Crippen LogP contribution in [0.5, 0.6) is 0 Å². The van der Waals surface area contributed by atoms with E-state index in [0.29, 0.717) is 0 Å². The molecular weight excluding hydrogens is 569 g/mol. The largest absolute Gasteiger partial charge is 0.310 e. The number of anilines is 3. The first-order chi connectivity index (χ1) is 23.1. The molecule has 0 fully saturated rings. The number of hydrogen-bond donors (Lipinski definition) is 0. The Balaban J connectivity index is 1.30. The van der Waals surface area contributed by atoms with Crippen LogP contribution in [0.3, 0.4) is 0 Å². The second-order valence-electron chi connectivity index (χ2n) is 13.0. The smallest absolute Gasteiger partial charge is 0.0543 e. The molecule has 2 heteroatoms. The van der Waals surface area contributed by atoms with E-state index in [4.69, 9.17) is 0 Å². The Morgan fingerprint density at radius 2 is 1.09 bits per heavy atom. The summed E-state index contributed by atoms with van der Waals surface area (Å²) in [7, 11) is 0. The summed E-state index contributed by atoms with van der Waals surface area (Å²) in [6.07, 6.45) is 0. The monoisotopic (exact) mass is 602 g/mol. The quantitative estimate of drug-likeness (QED) is 0.190. The molecule has 1 aromatic heterocycles. The number of benzene rings is 7. The van der Waals surface area contributed by atoms with Gasteiger partial charge < -0.3 is 9.47 Å². The maximum atomic E-state index is 2.46. The van der Waals surface area contributed by atoms with Crippen molar-refractivity contribution in [1.82, 2.24) is 4.57 Å². The van der Waals surface area contributed by atoms with Crippen molar-refractivity contribution >= 4 is 38.9 Å². The first-order valence-corrected chi connectivity index (χ1v) is 16.4. The van der Waals surface area contributed by atoms with E-state index in [9.17, 15) is 0 Å². The highest BCUT2D eigenvalue weighted by Crippen LogP contribution is 2.54. The molecule has 0 N–H and O–H groups in total. The molecule has 47 heavy (non-hydrogen) atoms. The lowest BCUT2D eigenvalue weighted by molar-refractivity contribution is 0.660. The van der Waals surface area contributed by atoms with Gasteiger partial charge in [-0.3, -0.25) is 0 Å². The van der Waals surface area contributed by atoms with Crippen LogP contribution in [0.15, 0.2) is 170 Å². The van der Waals surface area contributed by atoms with Gasteiger partial charge in [0.1, 0.15) is 0 Å². The predicted octanol–water partition coefficient (Wildman–Crippen LogP) is 12.2. The zero-order valence-corrected chi connectivity index (χ0v) is 26.6. The molecule has 9 rings (SSSR count). The van der Waals surface area contributed by atoms with E-state index in [1.165, 1.54) is 66.6 Å². The van der Waals surface area contributed by atoms with E-state index in [2.05, 4.69) is 193 Å². The number of hydrogen-bond acceptors (Lipinski definition) is 1. The summed E-state index contributed by atoms with van der Waals surface area (Å²) in [4.78, 5) is 2.46. The van der Waals surface area contributed by atoms with Crippen molar-refractivity contribution in [2.24, 2.45) is 0 Å². The van der Waals surface area contributed by atoms with Crippen LogP contribution in [-0.2, 0) is 5.41 Å². The van der Waals surface area contributed by atoms with Crippen molar-refractivity contribution in [3.63, 3.8) is 0 Å². The third-order valence-electron chi connectivity index (χ3n) is 9.99. The molecule has 0 aliphatic heterocycles. The average Bonchev–Trinajstić information content (AvgIpc) is 3.58. The van der Waals surface area contributed by atoms with Crippen LogP contribution >= 0.6 is 0 Å².